The normalized spacial score (nSPS) is 8.89. The van der Waals surface area contributed by atoms with Crippen LogP contribution in [0.2, 0.25) is 0 Å². The van der Waals surface area contributed by atoms with Crippen LogP contribution in [0.5, 0.6) is 0 Å². The molecule has 1 heterocycles. The molecule has 0 aliphatic rings. The Balaban J connectivity index is 3.02. The van der Waals surface area contributed by atoms with Gasteiger partial charge in [0.1, 0.15) is 10.9 Å². The second kappa shape index (κ2) is 2.90. The maximum atomic E-state index is 8.49. The Labute approximate surface area is 62.3 Å². The Hall–Kier alpha value is -0.460. The molecular formula is C6H5NS2. The molecule has 0 aliphatic carbocycles. The van der Waals surface area contributed by atoms with Crippen molar-refractivity contribution in [2.45, 2.75) is 4.90 Å². The average Bonchev–Trinajstić information content (AvgIpc) is 2.33. The van der Waals surface area contributed by atoms with Crippen molar-refractivity contribution in [2.75, 3.05) is 6.26 Å². The average molecular weight is 155 g/mol. The number of nitriles is 1. The van der Waals surface area contributed by atoms with Crippen molar-refractivity contribution in [3.05, 3.63) is 16.3 Å². The van der Waals surface area contributed by atoms with Gasteiger partial charge in [-0.3, -0.25) is 0 Å². The molecule has 46 valence electrons. The molecule has 0 unspecified atom stereocenters. The lowest BCUT2D eigenvalue weighted by atomic mass is 10.5. The van der Waals surface area contributed by atoms with Gasteiger partial charge in [0, 0.05) is 4.90 Å². The monoisotopic (exact) mass is 155 g/mol. The van der Waals surface area contributed by atoms with E-state index < -0.39 is 0 Å². The van der Waals surface area contributed by atoms with Crippen molar-refractivity contribution in [1.82, 2.24) is 0 Å². The quantitative estimate of drug-likeness (QED) is 0.581. The third-order valence-corrected chi connectivity index (χ3v) is 2.68. The van der Waals surface area contributed by atoms with Gasteiger partial charge in [-0.2, -0.15) is 5.26 Å². The van der Waals surface area contributed by atoms with E-state index in [0.717, 1.165) is 9.77 Å². The third kappa shape index (κ3) is 1.26. The Morgan fingerprint density at radius 2 is 2.56 bits per heavy atom. The van der Waals surface area contributed by atoms with Gasteiger partial charge in [-0.15, -0.1) is 23.1 Å². The summed E-state index contributed by atoms with van der Waals surface area (Å²) < 4.78 is 0. The lowest BCUT2D eigenvalue weighted by Crippen LogP contribution is -1.64. The predicted molar refractivity (Wildman–Crippen MR) is 40.8 cm³/mol. The van der Waals surface area contributed by atoms with Gasteiger partial charge in [0.05, 0.1) is 0 Å². The summed E-state index contributed by atoms with van der Waals surface area (Å²) in [7, 11) is 0. The van der Waals surface area contributed by atoms with Crippen molar-refractivity contribution in [2.24, 2.45) is 0 Å². The highest BCUT2D eigenvalue weighted by Crippen LogP contribution is 2.23. The Bertz CT molecular complexity index is 233. The minimum absolute atomic E-state index is 0.822. The summed E-state index contributed by atoms with van der Waals surface area (Å²) >= 11 is 3.11. The summed E-state index contributed by atoms with van der Waals surface area (Å²) in [4.78, 5) is 1.91. The molecule has 0 aromatic carbocycles. The minimum atomic E-state index is 0.822. The van der Waals surface area contributed by atoms with E-state index in [1.54, 1.807) is 11.8 Å². The van der Waals surface area contributed by atoms with Crippen molar-refractivity contribution >= 4 is 23.1 Å². The van der Waals surface area contributed by atoms with Crippen LogP contribution in [-0.2, 0) is 0 Å². The third-order valence-electron chi connectivity index (χ3n) is 0.951. The van der Waals surface area contributed by atoms with Crippen LogP contribution in [0, 0.1) is 11.3 Å². The molecule has 1 rings (SSSR count). The van der Waals surface area contributed by atoms with Gasteiger partial charge in [0.25, 0.3) is 0 Å². The number of nitrogens with zero attached hydrogens (tertiary/aromatic N) is 1. The highest BCUT2D eigenvalue weighted by molar-refractivity contribution is 7.98. The molecule has 9 heavy (non-hydrogen) atoms. The van der Waals surface area contributed by atoms with Gasteiger partial charge in [-0.25, -0.2) is 0 Å². The highest BCUT2D eigenvalue weighted by atomic mass is 32.2. The van der Waals surface area contributed by atoms with Crippen LogP contribution < -0.4 is 0 Å². The van der Waals surface area contributed by atoms with Crippen LogP contribution in [-0.4, -0.2) is 6.26 Å². The molecule has 0 radical (unpaired) electrons. The summed E-state index contributed by atoms with van der Waals surface area (Å²) in [5.41, 5.74) is 0. The molecule has 0 amide bonds. The fourth-order valence-corrected chi connectivity index (χ4v) is 2.03. The smallest absolute Gasteiger partial charge is 0.118 e. The first-order chi connectivity index (χ1) is 4.38. The zero-order chi connectivity index (χ0) is 6.69. The first-order valence-electron chi connectivity index (χ1n) is 2.40. The van der Waals surface area contributed by atoms with Crippen LogP contribution in [0.3, 0.4) is 0 Å². The van der Waals surface area contributed by atoms with E-state index in [9.17, 15) is 0 Å². The topological polar surface area (TPSA) is 23.8 Å². The van der Waals surface area contributed by atoms with Crippen molar-refractivity contribution in [1.29, 1.82) is 5.26 Å². The number of rotatable bonds is 1. The maximum Gasteiger partial charge on any atom is 0.118 e. The molecule has 0 atom stereocenters. The van der Waals surface area contributed by atoms with Gasteiger partial charge >= 0.3 is 0 Å². The zero-order valence-corrected chi connectivity index (χ0v) is 6.55. The summed E-state index contributed by atoms with van der Waals surface area (Å²) in [6.07, 6.45) is 1.98. The molecule has 1 aromatic heterocycles. The van der Waals surface area contributed by atoms with Crippen LogP contribution in [0.25, 0.3) is 0 Å². The van der Waals surface area contributed by atoms with E-state index >= 15 is 0 Å². The molecule has 0 fully saturated rings. The van der Waals surface area contributed by atoms with Crippen molar-refractivity contribution in [3.8, 4) is 6.07 Å². The van der Waals surface area contributed by atoms with E-state index in [1.807, 2.05) is 17.7 Å². The van der Waals surface area contributed by atoms with Gasteiger partial charge in [0.2, 0.25) is 0 Å². The van der Waals surface area contributed by atoms with Crippen molar-refractivity contribution < 1.29 is 0 Å². The Morgan fingerprint density at radius 3 is 3.00 bits per heavy atom. The molecule has 0 bridgehead atoms. The van der Waals surface area contributed by atoms with Gasteiger partial charge < -0.3 is 0 Å². The zero-order valence-electron chi connectivity index (χ0n) is 4.92. The standard InChI is InChI=1S/C6H5NS2/c1-8-5-2-3-9-6(5)4-7/h2-3H,1H3. The molecule has 0 spiro atoms. The molecule has 1 nitrogen and oxygen atoms in total. The van der Waals surface area contributed by atoms with E-state index in [4.69, 9.17) is 5.26 Å². The van der Waals surface area contributed by atoms with Gasteiger partial charge in [-0.1, -0.05) is 0 Å². The lowest BCUT2D eigenvalue weighted by Gasteiger charge is -1.85. The van der Waals surface area contributed by atoms with E-state index in [0.29, 0.717) is 0 Å². The lowest BCUT2D eigenvalue weighted by molar-refractivity contribution is 1.46. The maximum absolute atomic E-state index is 8.49. The summed E-state index contributed by atoms with van der Waals surface area (Å²) in [5.74, 6) is 0. The summed E-state index contributed by atoms with van der Waals surface area (Å²) in [6.45, 7) is 0. The first kappa shape index (κ1) is 6.66. The first-order valence-corrected chi connectivity index (χ1v) is 4.50. The molecule has 0 saturated carbocycles. The Kier molecular flexibility index (Phi) is 2.15. The number of hydrogen-bond donors (Lipinski definition) is 0. The SMILES string of the molecule is CSc1ccsc1C#N. The number of hydrogen-bond acceptors (Lipinski definition) is 3. The van der Waals surface area contributed by atoms with Gasteiger partial charge in [0.15, 0.2) is 0 Å². The van der Waals surface area contributed by atoms with Crippen LogP contribution in [0.15, 0.2) is 16.3 Å². The van der Waals surface area contributed by atoms with E-state index in [1.165, 1.54) is 11.3 Å². The molecular weight excluding hydrogens is 150 g/mol. The van der Waals surface area contributed by atoms with Crippen molar-refractivity contribution in [3.63, 3.8) is 0 Å². The summed E-state index contributed by atoms with van der Waals surface area (Å²) in [5, 5.41) is 10.4. The van der Waals surface area contributed by atoms with E-state index in [2.05, 4.69) is 6.07 Å². The fourth-order valence-electron chi connectivity index (χ4n) is 0.540. The molecule has 0 saturated heterocycles. The summed E-state index contributed by atoms with van der Waals surface area (Å²) in [6, 6.07) is 4.09. The fraction of sp³-hybridized carbons (Fsp3) is 0.167. The highest BCUT2D eigenvalue weighted by Gasteiger charge is 1.98. The number of thioether (sulfide) groups is 1. The Morgan fingerprint density at radius 1 is 1.78 bits per heavy atom. The van der Waals surface area contributed by atoms with Crippen LogP contribution >= 0.6 is 23.1 Å². The van der Waals surface area contributed by atoms with Crippen LogP contribution in [0.4, 0.5) is 0 Å². The number of thiophene rings is 1. The molecule has 0 aliphatic heterocycles. The second-order valence-corrected chi connectivity index (χ2v) is 3.19. The van der Waals surface area contributed by atoms with E-state index in [-0.39, 0.29) is 0 Å². The second-order valence-electron chi connectivity index (χ2n) is 1.43. The molecule has 3 heteroatoms. The minimum Gasteiger partial charge on any atom is -0.191 e. The molecule has 1 aromatic rings. The van der Waals surface area contributed by atoms with Crippen LogP contribution in [0.1, 0.15) is 4.88 Å². The largest absolute Gasteiger partial charge is 0.191 e. The molecule has 0 N–H and O–H groups in total. The van der Waals surface area contributed by atoms with Gasteiger partial charge in [-0.05, 0) is 17.7 Å². The predicted octanol–water partition coefficient (Wildman–Crippen LogP) is 2.34.